The molecule has 154 valence electrons. The highest BCUT2D eigenvalue weighted by atomic mass is 32.1. The number of fused-ring (bicyclic) bond motifs is 2. The van der Waals surface area contributed by atoms with Crippen LogP contribution in [0.5, 0.6) is 0 Å². The number of nitrogens with one attached hydrogen (secondary N) is 2. The van der Waals surface area contributed by atoms with Gasteiger partial charge in [0.15, 0.2) is 10.9 Å². The van der Waals surface area contributed by atoms with E-state index in [0.717, 1.165) is 36.3 Å². The van der Waals surface area contributed by atoms with E-state index in [2.05, 4.69) is 51.9 Å². The zero-order valence-electron chi connectivity index (χ0n) is 16.8. The average molecular weight is 428 g/mol. The number of amides is 1. The molecule has 1 aliphatic heterocycles. The maximum absolute atomic E-state index is 12.4. The summed E-state index contributed by atoms with van der Waals surface area (Å²) >= 11 is 5.30. The first kappa shape index (κ1) is 19.3. The van der Waals surface area contributed by atoms with Gasteiger partial charge in [0.25, 0.3) is 5.91 Å². The van der Waals surface area contributed by atoms with Crippen molar-refractivity contribution in [2.24, 2.45) is 0 Å². The second-order valence-corrected chi connectivity index (χ2v) is 7.95. The van der Waals surface area contributed by atoms with E-state index >= 15 is 0 Å². The van der Waals surface area contributed by atoms with E-state index in [-0.39, 0.29) is 16.8 Å². The summed E-state index contributed by atoms with van der Waals surface area (Å²) in [5.41, 5.74) is 5.46. The zero-order valence-corrected chi connectivity index (χ0v) is 17.6. The minimum Gasteiger partial charge on any atom is -0.451 e. The van der Waals surface area contributed by atoms with Crippen LogP contribution in [0.1, 0.15) is 21.7 Å². The lowest BCUT2D eigenvalue weighted by Gasteiger charge is -2.30. The molecule has 2 heterocycles. The average Bonchev–Trinajstić information content (AvgIpc) is 3.24. The number of carbonyl (C=O) groups excluding carboxylic acids is 1. The van der Waals surface area contributed by atoms with Gasteiger partial charge < -0.3 is 14.6 Å². The van der Waals surface area contributed by atoms with E-state index in [9.17, 15) is 4.79 Å². The van der Waals surface area contributed by atoms with Crippen LogP contribution in [0.4, 0.5) is 11.4 Å². The van der Waals surface area contributed by atoms with Crippen LogP contribution < -0.4 is 15.5 Å². The Labute approximate surface area is 185 Å². The number of benzene rings is 3. The fraction of sp³-hybridized carbons (Fsp3) is 0.120. The Morgan fingerprint density at radius 3 is 2.48 bits per heavy atom. The van der Waals surface area contributed by atoms with Gasteiger partial charge in [0, 0.05) is 29.9 Å². The topological polar surface area (TPSA) is 57.5 Å². The van der Waals surface area contributed by atoms with Crippen molar-refractivity contribution in [2.45, 2.75) is 13.0 Å². The van der Waals surface area contributed by atoms with Gasteiger partial charge in [-0.2, -0.15) is 0 Å². The Morgan fingerprint density at radius 1 is 0.935 bits per heavy atom. The van der Waals surface area contributed by atoms with Crippen molar-refractivity contribution in [3.63, 3.8) is 0 Å². The van der Waals surface area contributed by atoms with Gasteiger partial charge in [-0.15, -0.1) is 0 Å². The number of carbonyl (C=O) groups is 1. The van der Waals surface area contributed by atoms with Gasteiger partial charge >= 0.3 is 0 Å². The maximum Gasteiger partial charge on any atom is 0.293 e. The van der Waals surface area contributed by atoms with Crippen LogP contribution in [-0.4, -0.2) is 17.6 Å². The van der Waals surface area contributed by atoms with E-state index < -0.39 is 0 Å². The standard InChI is InChI=1S/C25H21N3O2S/c29-24(23-15-18-6-3-4-8-22(18)30-23)27-25(31)26-20-9-11-21(12-10-20)28-14-13-17-5-1-2-7-19(17)16-28/h1-12,15H,13-14,16H2,(H2,26,27,29,31). The number of para-hydroxylation sites is 1. The molecule has 0 aliphatic carbocycles. The molecular formula is C25H21N3O2S. The Hall–Kier alpha value is -3.64. The third-order valence-electron chi connectivity index (χ3n) is 5.50. The Balaban J connectivity index is 1.20. The molecule has 1 amide bonds. The molecule has 0 bridgehead atoms. The summed E-state index contributed by atoms with van der Waals surface area (Å²) < 4.78 is 5.58. The van der Waals surface area contributed by atoms with E-state index in [4.69, 9.17) is 16.6 Å². The molecule has 6 heteroatoms. The van der Waals surface area contributed by atoms with Crippen molar-refractivity contribution in [1.29, 1.82) is 0 Å². The van der Waals surface area contributed by atoms with E-state index in [1.807, 2.05) is 36.4 Å². The van der Waals surface area contributed by atoms with E-state index in [1.165, 1.54) is 11.1 Å². The van der Waals surface area contributed by atoms with Crippen LogP contribution in [-0.2, 0) is 13.0 Å². The lowest BCUT2D eigenvalue weighted by Crippen LogP contribution is -2.34. The predicted molar refractivity (Wildman–Crippen MR) is 128 cm³/mol. The molecule has 5 nitrogen and oxygen atoms in total. The number of hydrogen-bond donors (Lipinski definition) is 2. The van der Waals surface area contributed by atoms with Crippen molar-refractivity contribution in [2.75, 3.05) is 16.8 Å². The summed E-state index contributed by atoms with van der Waals surface area (Å²) in [7, 11) is 0. The monoisotopic (exact) mass is 427 g/mol. The fourth-order valence-corrected chi connectivity index (χ4v) is 4.10. The first-order valence-electron chi connectivity index (χ1n) is 10.2. The van der Waals surface area contributed by atoms with Gasteiger partial charge in [-0.25, -0.2) is 0 Å². The summed E-state index contributed by atoms with van der Waals surface area (Å²) in [5, 5.41) is 6.84. The number of furan rings is 1. The second kappa shape index (κ2) is 8.24. The van der Waals surface area contributed by atoms with Gasteiger partial charge in [0.05, 0.1) is 0 Å². The van der Waals surface area contributed by atoms with Crippen LogP contribution >= 0.6 is 12.2 Å². The number of anilines is 2. The summed E-state index contributed by atoms with van der Waals surface area (Å²) in [6, 6.07) is 25.9. The molecule has 3 aromatic carbocycles. The van der Waals surface area contributed by atoms with Gasteiger partial charge in [-0.1, -0.05) is 42.5 Å². The second-order valence-electron chi connectivity index (χ2n) is 7.54. The first-order valence-corrected chi connectivity index (χ1v) is 10.6. The Morgan fingerprint density at radius 2 is 1.68 bits per heavy atom. The van der Waals surface area contributed by atoms with Crippen LogP contribution in [0.2, 0.25) is 0 Å². The van der Waals surface area contributed by atoms with E-state index in [0.29, 0.717) is 5.58 Å². The molecular weight excluding hydrogens is 406 g/mol. The van der Waals surface area contributed by atoms with Crippen LogP contribution in [0.3, 0.4) is 0 Å². The van der Waals surface area contributed by atoms with Crippen molar-refractivity contribution in [3.05, 3.63) is 95.7 Å². The number of thiocarbonyl (C=S) groups is 1. The van der Waals surface area contributed by atoms with Crippen LogP contribution in [0.25, 0.3) is 11.0 Å². The molecule has 0 radical (unpaired) electrons. The third kappa shape index (κ3) is 4.15. The van der Waals surface area contributed by atoms with Crippen molar-refractivity contribution in [3.8, 4) is 0 Å². The SMILES string of the molecule is O=C(NC(=S)Nc1ccc(N2CCc3ccccc3C2)cc1)c1cc2ccccc2o1. The smallest absolute Gasteiger partial charge is 0.293 e. The molecule has 0 fully saturated rings. The highest BCUT2D eigenvalue weighted by Gasteiger charge is 2.16. The lowest BCUT2D eigenvalue weighted by molar-refractivity contribution is 0.0953. The number of rotatable bonds is 3. The van der Waals surface area contributed by atoms with Crippen molar-refractivity contribution >= 4 is 45.6 Å². The molecule has 0 atom stereocenters. The molecule has 0 spiro atoms. The summed E-state index contributed by atoms with van der Waals surface area (Å²) in [5.74, 6) is -0.150. The first-order chi connectivity index (χ1) is 15.2. The van der Waals surface area contributed by atoms with Crippen molar-refractivity contribution in [1.82, 2.24) is 5.32 Å². The molecule has 1 aromatic heterocycles. The van der Waals surface area contributed by atoms with Crippen LogP contribution in [0.15, 0.2) is 83.3 Å². The highest BCUT2D eigenvalue weighted by Crippen LogP contribution is 2.25. The summed E-state index contributed by atoms with van der Waals surface area (Å²) in [6.07, 6.45) is 1.05. The summed E-state index contributed by atoms with van der Waals surface area (Å²) in [6.45, 7) is 1.91. The predicted octanol–water partition coefficient (Wildman–Crippen LogP) is 5.12. The van der Waals surface area contributed by atoms with E-state index in [1.54, 1.807) is 6.07 Å². The molecule has 31 heavy (non-hydrogen) atoms. The Bertz CT molecular complexity index is 1230. The van der Waals surface area contributed by atoms with Crippen molar-refractivity contribution < 1.29 is 9.21 Å². The molecule has 4 aromatic rings. The quantitative estimate of drug-likeness (QED) is 0.444. The van der Waals surface area contributed by atoms with Gasteiger partial charge in [-0.05, 0) is 66.2 Å². The molecule has 0 saturated heterocycles. The van der Waals surface area contributed by atoms with Gasteiger partial charge in [0.1, 0.15) is 5.58 Å². The largest absolute Gasteiger partial charge is 0.451 e. The minimum atomic E-state index is -0.377. The molecule has 1 aliphatic rings. The third-order valence-corrected chi connectivity index (χ3v) is 5.70. The number of nitrogens with zero attached hydrogens (tertiary/aromatic N) is 1. The maximum atomic E-state index is 12.4. The van der Waals surface area contributed by atoms with Gasteiger partial charge in [0.2, 0.25) is 0 Å². The summed E-state index contributed by atoms with van der Waals surface area (Å²) in [4.78, 5) is 14.8. The lowest BCUT2D eigenvalue weighted by atomic mass is 9.99. The molecule has 0 unspecified atom stereocenters. The number of hydrogen-bond acceptors (Lipinski definition) is 4. The molecule has 5 rings (SSSR count). The zero-order chi connectivity index (χ0) is 21.2. The normalized spacial score (nSPS) is 13.0. The molecule has 0 saturated carbocycles. The van der Waals surface area contributed by atoms with Crippen LogP contribution in [0, 0.1) is 0 Å². The molecule has 2 N–H and O–H groups in total. The van der Waals surface area contributed by atoms with Gasteiger partial charge in [-0.3, -0.25) is 10.1 Å². The fourth-order valence-electron chi connectivity index (χ4n) is 3.89. The highest BCUT2D eigenvalue weighted by molar-refractivity contribution is 7.80. The Kier molecular flexibility index (Phi) is 5.14. The minimum absolute atomic E-state index is 0.227.